The van der Waals surface area contributed by atoms with Gasteiger partial charge in [0.1, 0.15) is 6.33 Å². The van der Waals surface area contributed by atoms with Gasteiger partial charge in [0.15, 0.2) is 5.78 Å². The SMILES string of the molecule is CC(=O)N1CCc2cc(C(=O)C3CCC[C@](C)(C4CC(C(F)F)=Nc5ncnn54)C3)ccc21. The molecule has 3 atom stereocenters. The van der Waals surface area contributed by atoms with Crippen LogP contribution in [-0.4, -0.2) is 45.1 Å². The molecule has 1 aromatic heterocycles. The van der Waals surface area contributed by atoms with E-state index in [0.717, 1.165) is 36.9 Å². The van der Waals surface area contributed by atoms with Crippen LogP contribution in [0.2, 0.25) is 0 Å². The molecule has 9 heteroatoms. The van der Waals surface area contributed by atoms with Crippen molar-refractivity contribution in [3.63, 3.8) is 0 Å². The van der Waals surface area contributed by atoms with E-state index in [9.17, 15) is 18.4 Å². The second-order valence-corrected chi connectivity index (χ2v) is 9.70. The first-order valence-corrected chi connectivity index (χ1v) is 11.5. The maximum Gasteiger partial charge on any atom is 0.276 e. The molecule has 0 N–H and O–H groups in total. The van der Waals surface area contributed by atoms with Crippen molar-refractivity contribution < 1.29 is 18.4 Å². The lowest BCUT2D eigenvalue weighted by Gasteiger charge is -2.44. The van der Waals surface area contributed by atoms with Crippen molar-refractivity contribution in [3.8, 4) is 0 Å². The number of ketones is 1. The van der Waals surface area contributed by atoms with Crippen LogP contribution in [0, 0.1) is 11.3 Å². The van der Waals surface area contributed by atoms with E-state index in [0.29, 0.717) is 18.5 Å². The van der Waals surface area contributed by atoms with Crippen molar-refractivity contribution in [3.05, 3.63) is 35.7 Å². The molecular formula is C24H27F2N5O2. The Hall–Kier alpha value is -2.97. The third kappa shape index (κ3) is 3.77. The Morgan fingerprint density at radius 1 is 1.27 bits per heavy atom. The summed E-state index contributed by atoms with van der Waals surface area (Å²) in [5.74, 6) is 0.114. The molecule has 3 heterocycles. The molecule has 0 spiro atoms. The first-order chi connectivity index (χ1) is 15.8. The minimum atomic E-state index is -2.64. The quantitative estimate of drug-likeness (QED) is 0.634. The van der Waals surface area contributed by atoms with E-state index in [1.807, 2.05) is 18.2 Å². The molecule has 2 aliphatic heterocycles. The Morgan fingerprint density at radius 3 is 2.85 bits per heavy atom. The number of nitrogens with zero attached hydrogens (tertiary/aromatic N) is 5. The number of fused-ring (bicyclic) bond motifs is 2. The van der Waals surface area contributed by atoms with Gasteiger partial charge in [-0.2, -0.15) is 10.1 Å². The summed E-state index contributed by atoms with van der Waals surface area (Å²) < 4.78 is 28.7. The molecule has 174 valence electrons. The maximum atomic E-state index is 13.5. The van der Waals surface area contributed by atoms with Crippen molar-refractivity contribution in [1.82, 2.24) is 14.8 Å². The molecule has 2 aromatic rings. The fraction of sp³-hybridized carbons (Fsp3) is 0.542. The highest BCUT2D eigenvalue weighted by Gasteiger charge is 2.45. The van der Waals surface area contributed by atoms with Gasteiger partial charge in [0.25, 0.3) is 6.43 Å². The molecular weight excluding hydrogens is 428 g/mol. The van der Waals surface area contributed by atoms with E-state index >= 15 is 0 Å². The Morgan fingerprint density at radius 2 is 2.09 bits per heavy atom. The van der Waals surface area contributed by atoms with Crippen LogP contribution in [0.3, 0.4) is 0 Å². The van der Waals surface area contributed by atoms with E-state index in [1.165, 1.54) is 6.33 Å². The highest BCUT2D eigenvalue weighted by Crippen LogP contribution is 2.51. The van der Waals surface area contributed by atoms with E-state index in [-0.39, 0.29) is 47.1 Å². The summed E-state index contributed by atoms with van der Waals surface area (Å²) >= 11 is 0. The van der Waals surface area contributed by atoms with Crippen LogP contribution in [0.4, 0.5) is 20.4 Å². The normalized spacial score (nSPS) is 26.7. The number of aliphatic imine (C=N–C) groups is 1. The Balaban J connectivity index is 1.39. The van der Waals surface area contributed by atoms with Gasteiger partial charge in [-0.05, 0) is 54.9 Å². The zero-order valence-corrected chi connectivity index (χ0v) is 18.8. The first kappa shape index (κ1) is 21.9. The highest BCUT2D eigenvalue weighted by molar-refractivity contribution is 6.00. The van der Waals surface area contributed by atoms with Crippen molar-refractivity contribution in [2.75, 3.05) is 11.4 Å². The molecule has 0 bridgehead atoms. The van der Waals surface area contributed by atoms with Crippen molar-refractivity contribution in [1.29, 1.82) is 0 Å². The maximum absolute atomic E-state index is 13.5. The number of rotatable bonds is 4. The summed E-state index contributed by atoms with van der Waals surface area (Å²) in [6.45, 7) is 4.26. The van der Waals surface area contributed by atoms with Crippen LogP contribution in [-0.2, 0) is 11.2 Å². The smallest absolute Gasteiger partial charge is 0.276 e. The summed E-state index contributed by atoms with van der Waals surface area (Å²) in [6, 6.07) is 5.29. The summed E-state index contributed by atoms with van der Waals surface area (Å²) in [7, 11) is 0. The second-order valence-electron chi connectivity index (χ2n) is 9.70. The average molecular weight is 456 g/mol. The topological polar surface area (TPSA) is 80.5 Å². The summed E-state index contributed by atoms with van der Waals surface area (Å²) in [5.41, 5.74) is 2.02. The zero-order valence-electron chi connectivity index (χ0n) is 18.8. The molecule has 3 aliphatic rings. The van der Waals surface area contributed by atoms with Crippen LogP contribution < -0.4 is 4.90 Å². The number of anilines is 1. The molecule has 1 saturated carbocycles. The number of benzene rings is 1. The average Bonchev–Trinajstić information content (AvgIpc) is 3.44. The molecule has 1 aliphatic carbocycles. The molecule has 1 amide bonds. The molecule has 1 aromatic carbocycles. The van der Waals surface area contributed by atoms with E-state index < -0.39 is 6.43 Å². The minimum absolute atomic E-state index is 0.00235. The number of carbonyl (C=O) groups is 2. The zero-order chi connectivity index (χ0) is 23.3. The number of hydrogen-bond donors (Lipinski definition) is 0. The van der Waals surface area contributed by atoms with Gasteiger partial charge in [-0.15, -0.1) is 0 Å². The van der Waals surface area contributed by atoms with Crippen molar-refractivity contribution in [2.24, 2.45) is 16.3 Å². The molecule has 2 unspecified atom stereocenters. The monoisotopic (exact) mass is 455 g/mol. The van der Waals surface area contributed by atoms with Crippen molar-refractivity contribution in [2.45, 2.75) is 64.8 Å². The van der Waals surface area contributed by atoms with Crippen LogP contribution in [0.5, 0.6) is 0 Å². The number of Topliss-reactive ketones (excluding diaryl/α,β-unsaturated/α-hetero) is 1. The third-order valence-corrected chi connectivity index (χ3v) is 7.58. The van der Waals surface area contributed by atoms with Gasteiger partial charge in [-0.3, -0.25) is 9.59 Å². The fourth-order valence-electron chi connectivity index (χ4n) is 5.85. The van der Waals surface area contributed by atoms with E-state index in [1.54, 1.807) is 16.5 Å². The second kappa shape index (κ2) is 8.11. The van der Waals surface area contributed by atoms with Crippen LogP contribution >= 0.6 is 0 Å². The number of halogens is 2. The lowest BCUT2D eigenvalue weighted by Crippen LogP contribution is -2.40. The summed E-state index contributed by atoms with van der Waals surface area (Å²) in [6.07, 6.45) is 2.62. The molecule has 0 radical (unpaired) electrons. The molecule has 33 heavy (non-hydrogen) atoms. The van der Waals surface area contributed by atoms with Gasteiger partial charge in [0.2, 0.25) is 11.9 Å². The van der Waals surface area contributed by atoms with Gasteiger partial charge in [-0.1, -0.05) is 13.3 Å². The summed E-state index contributed by atoms with van der Waals surface area (Å²) in [4.78, 5) is 35.1. The summed E-state index contributed by atoms with van der Waals surface area (Å²) in [5, 5.41) is 4.28. The molecule has 0 saturated heterocycles. The van der Waals surface area contributed by atoms with Crippen LogP contribution in [0.15, 0.2) is 29.5 Å². The minimum Gasteiger partial charge on any atom is -0.312 e. The number of alkyl halides is 2. The molecule has 7 nitrogen and oxygen atoms in total. The van der Waals surface area contributed by atoms with Gasteiger partial charge in [-0.25, -0.2) is 18.5 Å². The number of hydrogen-bond acceptors (Lipinski definition) is 5. The van der Waals surface area contributed by atoms with Gasteiger partial charge in [0.05, 0.1) is 11.8 Å². The highest BCUT2D eigenvalue weighted by atomic mass is 19.3. The Kier molecular flexibility index (Phi) is 5.37. The number of amides is 1. The number of aromatic nitrogens is 3. The third-order valence-electron chi connectivity index (χ3n) is 7.58. The largest absolute Gasteiger partial charge is 0.312 e. The van der Waals surface area contributed by atoms with Gasteiger partial charge in [0, 0.05) is 37.1 Å². The Bertz CT molecular complexity index is 1140. The van der Waals surface area contributed by atoms with Gasteiger partial charge >= 0.3 is 0 Å². The van der Waals surface area contributed by atoms with E-state index in [2.05, 4.69) is 22.0 Å². The number of carbonyl (C=O) groups excluding carboxylic acids is 2. The first-order valence-electron chi connectivity index (χ1n) is 11.5. The lowest BCUT2D eigenvalue weighted by molar-refractivity contribution is -0.116. The molecule has 1 fully saturated rings. The Labute approximate surface area is 190 Å². The predicted octanol–water partition coefficient (Wildman–Crippen LogP) is 4.55. The van der Waals surface area contributed by atoms with Crippen LogP contribution in [0.1, 0.15) is 67.9 Å². The standard InChI is InChI=1S/C24H27F2N5O2/c1-14(32)30-9-7-15-10-16(5-6-19(15)30)21(33)17-4-3-8-24(2,12-17)20-11-18(22(25)26)29-23-27-13-28-31(20)23/h5-6,10,13,17,20,22H,3-4,7-9,11-12H2,1-2H3/t17?,20?,24-/m0/s1. The van der Waals surface area contributed by atoms with Gasteiger partial charge < -0.3 is 4.90 Å². The fourth-order valence-corrected chi connectivity index (χ4v) is 5.85. The van der Waals surface area contributed by atoms with E-state index in [4.69, 9.17) is 0 Å². The van der Waals surface area contributed by atoms with Crippen molar-refractivity contribution >= 4 is 29.0 Å². The predicted molar refractivity (Wildman–Crippen MR) is 119 cm³/mol. The lowest BCUT2D eigenvalue weighted by atomic mass is 9.64. The van der Waals surface area contributed by atoms with Crippen LogP contribution in [0.25, 0.3) is 0 Å². The molecule has 5 rings (SSSR count).